The third-order valence-corrected chi connectivity index (χ3v) is 3.93. The molecular weight excluding hydrogens is 271 g/mol. The van der Waals surface area contributed by atoms with Crippen molar-refractivity contribution in [2.75, 3.05) is 24.5 Å². The maximum atomic E-state index is 13.3. The molecule has 1 aromatic carbocycles. The highest BCUT2D eigenvalue weighted by Gasteiger charge is 2.23. The molecule has 1 aliphatic heterocycles. The molecule has 0 N–H and O–H groups in total. The maximum absolute atomic E-state index is 13.3. The molecule has 114 valence electrons. The Hall–Kier alpha value is -1.91. The van der Waals surface area contributed by atoms with Gasteiger partial charge in [-0.05, 0) is 37.0 Å². The molecule has 0 saturated carbocycles. The van der Waals surface area contributed by atoms with Gasteiger partial charge in [0.15, 0.2) is 0 Å². The van der Waals surface area contributed by atoms with Crippen molar-refractivity contribution in [2.24, 2.45) is 5.92 Å². The van der Waals surface area contributed by atoms with Gasteiger partial charge in [-0.15, -0.1) is 0 Å². The molecule has 0 aliphatic carbocycles. The number of benzene rings is 1. The first kappa shape index (κ1) is 15.5. The number of rotatable bonds is 3. The highest BCUT2D eigenvalue weighted by atomic mass is 19.1. The van der Waals surface area contributed by atoms with Gasteiger partial charge in [-0.25, -0.2) is 4.39 Å². The number of likely N-dealkylation sites (tertiary alicyclic amines) is 1. The van der Waals surface area contributed by atoms with Gasteiger partial charge in [-0.3, -0.25) is 9.59 Å². The number of halogens is 1. The van der Waals surface area contributed by atoms with Crippen LogP contribution >= 0.6 is 0 Å². The number of hydrogen-bond acceptors (Lipinski definition) is 2. The van der Waals surface area contributed by atoms with Gasteiger partial charge in [-0.1, -0.05) is 13.0 Å². The predicted molar refractivity (Wildman–Crippen MR) is 79.4 cm³/mol. The zero-order valence-corrected chi connectivity index (χ0v) is 12.5. The molecule has 21 heavy (non-hydrogen) atoms. The summed E-state index contributed by atoms with van der Waals surface area (Å²) in [5.41, 5.74) is 0.418. The number of nitrogens with zero attached hydrogens (tertiary/aromatic N) is 2. The van der Waals surface area contributed by atoms with E-state index in [4.69, 9.17) is 0 Å². The van der Waals surface area contributed by atoms with E-state index in [1.807, 2.05) is 0 Å². The molecule has 4 nitrogen and oxygen atoms in total. The van der Waals surface area contributed by atoms with Crippen LogP contribution in [-0.4, -0.2) is 36.3 Å². The molecule has 1 saturated heterocycles. The summed E-state index contributed by atoms with van der Waals surface area (Å²) in [6.07, 6.45) is 1.98. The largest absolute Gasteiger partial charge is 0.341 e. The molecule has 1 aliphatic rings. The van der Waals surface area contributed by atoms with Crippen LogP contribution in [0, 0.1) is 11.7 Å². The van der Waals surface area contributed by atoms with Gasteiger partial charge in [0.05, 0.1) is 0 Å². The molecule has 2 amide bonds. The minimum Gasteiger partial charge on any atom is -0.341 e. The summed E-state index contributed by atoms with van der Waals surface area (Å²) in [5, 5.41) is 0. The predicted octanol–water partition coefficient (Wildman–Crippen LogP) is 2.44. The summed E-state index contributed by atoms with van der Waals surface area (Å²) in [6, 6.07) is 5.76. The number of anilines is 1. The highest BCUT2D eigenvalue weighted by molar-refractivity contribution is 5.97. The fourth-order valence-electron chi connectivity index (χ4n) is 2.52. The van der Waals surface area contributed by atoms with Crippen LogP contribution in [0.4, 0.5) is 10.1 Å². The Kier molecular flexibility index (Phi) is 4.94. The fourth-order valence-corrected chi connectivity index (χ4v) is 2.52. The zero-order valence-electron chi connectivity index (χ0n) is 12.5. The van der Waals surface area contributed by atoms with Gasteiger partial charge in [0.1, 0.15) is 12.4 Å². The lowest BCUT2D eigenvalue weighted by Gasteiger charge is -2.32. The number of amides is 2. The molecule has 0 spiro atoms. The molecule has 2 rings (SSSR count). The van der Waals surface area contributed by atoms with Gasteiger partial charge >= 0.3 is 0 Å². The second-order valence-corrected chi connectivity index (χ2v) is 5.65. The summed E-state index contributed by atoms with van der Waals surface area (Å²) in [7, 11) is 0. The topological polar surface area (TPSA) is 40.6 Å². The summed E-state index contributed by atoms with van der Waals surface area (Å²) in [5.74, 6) is -0.125. The Morgan fingerprint density at radius 1 is 1.33 bits per heavy atom. The summed E-state index contributed by atoms with van der Waals surface area (Å²) in [6.45, 7) is 4.99. The Bertz CT molecular complexity index is 525. The van der Waals surface area contributed by atoms with Crippen molar-refractivity contribution >= 4 is 17.5 Å². The van der Waals surface area contributed by atoms with E-state index in [0.29, 0.717) is 11.6 Å². The minimum absolute atomic E-state index is 0.0346. The molecule has 0 bridgehead atoms. The standard InChI is InChI=1S/C16H21FN2O2/c1-12-6-8-18(9-7-12)16(21)11-19(13(2)20)15-5-3-4-14(17)10-15/h3-5,10,12H,6-9,11H2,1-2H3. The van der Waals surface area contributed by atoms with Crippen LogP contribution in [0.15, 0.2) is 24.3 Å². The molecule has 0 unspecified atom stereocenters. The van der Waals surface area contributed by atoms with Crippen LogP contribution in [0.5, 0.6) is 0 Å². The lowest BCUT2D eigenvalue weighted by Crippen LogP contribution is -2.45. The van der Waals surface area contributed by atoms with Crippen LogP contribution in [0.25, 0.3) is 0 Å². The van der Waals surface area contributed by atoms with Gasteiger partial charge < -0.3 is 9.80 Å². The van der Waals surface area contributed by atoms with Gasteiger partial charge in [0.25, 0.3) is 0 Å². The first-order chi connectivity index (χ1) is 9.97. The fraction of sp³-hybridized carbons (Fsp3) is 0.500. The summed E-state index contributed by atoms with van der Waals surface area (Å²) in [4.78, 5) is 27.2. The molecule has 1 heterocycles. The van der Waals surface area contributed by atoms with Crippen molar-refractivity contribution in [2.45, 2.75) is 26.7 Å². The van der Waals surface area contributed by atoms with E-state index in [1.54, 1.807) is 11.0 Å². The van der Waals surface area contributed by atoms with Crippen molar-refractivity contribution < 1.29 is 14.0 Å². The molecule has 0 atom stereocenters. The first-order valence-corrected chi connectivity index (χ1v) is 7.29. The highest BCUT2D eigenvalue weighted by Crippen LogP contribution is 2.19. The molecular formula is C16H21FN2O2. The number of hydrogen-bond donors (Lipinski definition) is 0. The summed E-state index contributed by atoms with van der Waals surface area (Å²) >= 11 is 0. The van der Waals surface area contributed by atoms with Crippen LogP contribution in [0.3, 0.4) is 0 Å². The van der Waals surface area contributed by atoms with E-state index in [-0.39, 0.29) is 18.4 Å². The van der Waals surface area contributed by atoms with E-state index >= 15 is 0 Å². The van der Waals surface area contributed by atoms with Crippen LogP contribution in [0.1, 0.15) is 26.7 Å². The molecule has 0 radical (unpaired) electrons. The third kappa shape index (κ3) is 4.03. The van der Waals surface area contributed by atoms with Gasteiger partial charge in [0, 0.05) is 25.7 Å². The summed E-state index contributed by atoms with van der Waals surface area (Å²) < 4.78 is 13.3. The van der Waals surface area contributed by atoms with Crippen LogP contribution in [0.2, 0.25) is 0 Å². The second-order valence-electron chi connectivity index (χ2n) is 5.65. The number of piperidine rings is 1. The van der Waals surface area contributed by atoms with Crippen molar-refractivity contribution in [1.29, 1.82) is 0 Å². The van der Waals surface area contributed by atoms with Crippen LogP contribution < -0.4 is 4.90 Å². The molecule has 1 aromatic rings. The molecule has 5 heteroatoms. The zero-order chi connectivity index (χ0) is 15.4. The van der Waals surface area contributed by atoms with Crippen LogP contribution in [-0.2, 0) is 9.59 Å². The van der Waals surface area contributed by atoms with E-state index in [1.165, 1.54) is 30.0 Å². The van der Waals surface area contributed by atoms with Gasteiger partial charge in [0.2, 0.25) is 11.8 Å². The molecule has 1 fully saturated rings. The average Bonchev–Trinajstić information content (AvgIpc) is 2.45. The van der Waals surface area contributed by atoms with Crippen molar-refractivity contribution in [1.82, 2.24) is 4.90 Å². The minimum atomic E-state index is -0.419. The van der Waals surface area contributed by atoms with E-state index in [9.17, 15) is 14.0 Å². The average molecular weight is 292 g/mol. The Morgan fingerprint density at radius 2 is 2.00 bits per heavy atom. The maximum Gasteiger partial charge on any atom is 0.242 e. The lowest BCUT2D eigenvalue weighted by molar-refractivity contribution is -0.132. The third-order valence-electron chi connectivity index (χ3n) is 3.93. The van der Waals surface area contributed by atoms with E-state index < -0.39 is 5.82 Å². The quantitative estimate of drug-likeness (QED) is 0.858. The Morgan fingerprint density at radius 3 is 2.57 bits per heavy atom. The molecule has 0 aromatic heterocycles. The second kappa shape index (κ2) is 6.70. The Balaban J connectivity index is 2.06. The lowest BCUT2D eigenvalue weighted by atomic mass is 9.99. The van der Waals surface area contributed by atoms with Gasteiger partial charge in [-0.2, -0.15) is 0 Å². The van der Waals surface area contributed by atoms with E-state index in [2.05, 4.69) is 6.92 Å². The normalized spacial score (nSPS) is 15.9. The number of carbonyl (C=O) groups excluding carboxylic acids is 2. The Labute approximate surface area is 124 Å². The van der Waals surface area contributed by atoms with Crippen molar-refractivity contribution in [3.63, 3.8) is 0 Å². The first-order valence-electron chi connectivity index (χ1n) is 7.29. The number of carbonyl (C=O) groups is 2. The van der Waals surface area contributed by atoms with E-state index in [0.717, 1.165) is 25.9 Å². The SMILES string of the molecule is CC(=O)N(CC(=O)N1CCC(C)CC1)c1cccc(F)c1. The van der Waals surface area contributed by atoms with Crippen molar-refractivity contribution in [3.8, 4) is 0 Å². The smallest absolute Gasteiger partial charge is 0.242 e. The van der Waals surface area contributed by atoms with Crippen molar-refractivity contribution in [3.05, 3.63) is 30.1 Å². The monoisotopic (exact) mass is 292 g/mol.